The third-order valence-electron chi connectivity index (χ3n) is 5.77. The topological polar surface area (TPSA) is 38.5 Å². The SMILES string of the molecule is CCc1cc(Br)c(OCCCN2CCC(c3noc4cc(F)ccc34)CC2)c(Br)c1. The molecule has 1 fully saturated rings. The molecule has 0 radical (unpaired) electrons. The van der Waals surface area contributed by atoms with E-state index in [4.69, 9.17) is 9.26 Å². The highest BCUT2D eigenvalue weighted by atomic mass is 79.9. The molecule has 2 heterocycles. The molecule has 30 heavy (non-hydrogen) atoms. The molecule has 0 unspecified atom stereocenters. The number of piperidine rings is 1. The van der Waals surface area contributed by atoms with Gasteiger partial charge in [0.05, 0.1) is 21.2 Å². The van der Waals surface area contributed by atoms with E-state index in [1.807, 2.05) is 0 Å². The Kier molecular flexibility index (Phi) is 7.11. The summed E-state index contributed by atoms with van der Waals surface area (Å²) in [5.41, 5.74) is 2.78. The summed E-state index contributed by atoms with van der Waals surface area (Å²) in [6, 6.07) is 8.90. The number of aromatic nitrogens is 1. The van der Waals surface area contributed by atoms with Gasteiger partial charge in [-0.25, -0.2) is 4.39 Å². The van der Waals surface area contributed by atoms with Crippen molar-refractivity contribution in [2.45, 2.75) is 38.5 Å². The van der Waals surface area contributed by atoms with Crippen molar-refractivity contribution in [3.05, 3.63) is 56.4 Å². The van der Waals surface area contributed by atoms with E-state index in [0.29, 0.717) is 18.1 Å². The molecule has 1 saturated heterocycles. The summed E-state index contributed by atoms with van der Waals surface area (Å²) in [6.07, 6.45) is 4.05. The molecular weight excluding hydrogens is 515 g/mol. The van der Waals surface area contributed by atoms with E-state index in [-0.39, 0.29) is 5.82 Å². The Morgan fingerprint density at radius 1 is 1.17 bits per heavy atom. The van der Waals surface area contributed by atoms with Crippen molar-refractivity contribution in [1.82, 2.24) is 10.1 Å². The number of nitrogens with zero attached hydrogens (tertiary/aromatic N) is 2. The fourth-order valence-electron chi connectivity index (χ4n) is 4.07. The summed E-state index contributed by atoms with van der Waals surface area (Å²) in [5, 5.41) is 5.17. The number of hydrogen-bond donors (Lipinski definition) is 0. The first kappa shape index (κ1) is 21.8. The lowest BCUT2D eigenvalue weighted by molar-refractivity contribution is 0.190. The predicted molar refractivity (Wildman–Crippen MR) is 124 cm³/mol. The van der Waals surface area contributed by atoms with Gasteiger partial charge in [-0.3, -0.25) is 0 Å². The van der Waals surface area contributed by atoms with E-state index in [9.17, 15) is 4.39 Å². The maximum absolute atomic E-state index is 13.4. The van der Waals surface area contributed by atoms with Gasteiger partial charge in [0.2, 0.25) is 0 Å². The molecule has 160 valence electrons. The predicted octanol–water partition coefficient (Wildman–Crippen LogP) is 6.70. The lowest BCUT2D eigenvalue weighted by Gasteiger charge is -2.31. The summed E-state index contributed by atoms with van der Waals surface area (Å²) in [5.74, 6) is 0.955. The molecule has 2 aromatic carbocycles. The van der Waals surface area contributed by atoms with Crippen molar-refractivity contribution in [2.75, 3.05) is 26.2 Å². The highest BCUT2D eigenvalue weighted by Crippen LogP contribution is 2.35. The molecule has 0 spiro atoms. The van der Waals surface area contributed by atoms with Gasteiger partial charge in [0, 0.05) is 23.9 Å². The van der Waals surface area contributed by atoms with Crippen molar-refractivity contribution >= 4 is 42.8 Å². The molecule has 4 rings (SSSR count). The van der Waals surface area contributed by atoms with Gasteiger partial charge in [0.15, 0.2) is 5.58 Å². The molecule has 1 aliphatic rings. The number of rotatable bonds is 7. The minimum atomic E-state index is -0.289. The summed E-state index contributed by atoms with van der Waals surface area (Å²) in [7, 11) is 0. The van der Waals surface area contributed by atoms with Crippen LogP contribution in [0.3, 0.4) is 0 Å². The third-order valence-corrected chi connectivity index (χ3v) is 6.95. The summed E-state index contributed by atoms with van der Waals surface area (Å²) >= 11 is 7.23. The Morgan fingerprint density at radius 3 is 2.60 bits per heavy atom. The number of halogens is 3. The Morgan fingerprint density at radius 2 is 1.90 bits per heavy atom. The molecular formula is C23H25Br2FN2O2. The van der Waals surface area contributed by atoms with Gasteiger partial charge in [-0.2, -0.15) is 0 Å². The highest BCUT2D eigenvalue weighted by Gasteiger charge is 2.25. The number of likely N-dealkylation sites (tertiary alicyclic amines) is 1. The van der Waals surface area contributed by atoms with E-state index in [1.54, 1.807) is 6.07 Å². The number of aryl methyl sites for hydroxylation is 1. The molecule has 0 aliphatic carbocycles. The van der Waals surface area contributed by atoms with Crippen LogP contribution in [0, 0.1) is 5.82 Å². The molecule has 0 amide bonds. The molecule has 0 atom stereocenters. The molecule has 1 aliphatic heterocycles. The van der Waals surface area contributed by atoms with Gasteiger partial charge in [-0.15, -0.1) is 0 Å². The van der Waals surface area contributed by atoms with E-state index >= 15 is 0 Å². The number of hydrogen-bond acceptors (Lipinski definition) is 4. The third kappa shape index (κ3) is 4.89. The first-order valence-electron chi connectivity index (χ1n) is 10.4. The average molecular weight is 540 g/mol. The van der Waals surface area contributed by atoms with Gasteiger partial charge in [0.1, 0.15) is 11.6 Å². The van der Waals surface area contributed by atoms with Crippen LogP contribution < -0.4 is 4.74 Å². The Balaban J connectivity index is 1.25. The van der Waals surface area contributed by atoms with Crippen molar-refractivity contribution in [3.63, 3.8) is 0 Å². The van der Waals surface area contributed by atoms with Gasteiger partial charge in [-0.05, 0) is 100 Å². The second-order valence-corrected chi connectivity index (χ2v) is 9.48. The average Bonchev–Trinajstić information content (AvgIpc) is 3.16. The van der Waals surface area contributed by atoms with Crippen LogP contribution >= 0.6 is 31.9 Å². The zero-order valence-electron chi connectivity index (χ0n) is 17.0. The van der Waals surface area contributed by atoms with Crippen molar-refractivity contribution in [3.8, 4) is 5.75 Å². The van der Waals surface area contributed by atoms with Crippen LogP contribution in [-0.4, -0.2) is 36.3 Å². The number of benzene rings is 2. The highest BCUT2D eigenvalue weighted by molar-refractivity contribution is 9.11. The van der Waals surface area contributed by atoms with Gasteiger partial charge in [0.25, 0.3) is 0 Å². The van der Waals surface area contributed by atoms with E-state index in [0.717, 1.165) is 71.1 Å². The first-order valence-corrected chi connectivity index (χ1v) is 12.0. The largest absolute Gasteiger partial charge is 0.491 e. The molecule has 4 nitrogen and oxygen atoms in total. The first-order chi connectivity index (χ1) is 14.5. The minimum Gasteiger partial charge on any atom is -0.491 e. The molecule has 0 saturated carbocycles. The lowest BCUT2D eigenvalue weighted by atomic mass is 9.91. The monoisotopic (exact) mass is 538 g/mol. The van der Waals surface area contributed by atoms with E-state index in [2.05, 4.69) is 61.0 Å². The fraction of sp³-hybridized carbons (Fsp3) is 0.435. The smallest absolute Gasteiger partial charge is 0.170 e. The Hall–Kier alpha value is -1.44. The standard InChI is InChI=1S/C23H25Br2FN2O2/c1-2-15-12-19(24)23(20(25)13-15)29-11-3-8-28-9-6-16(7-10-28)22-18-5-4-17(26)14-21(18)30-27-22/h4-5,12-14,16H,2-3,6-11H2,1H3. The number of ether oxygens (including phenoxy) is 1. The fourth-order valence-corrected chi connectivity index (χ4v) is 5.58. The Bertz CT molecular complexity index is 993. The van der Waals surface area contributed by atoms with E-state index < -0.39 is 0 Å². The zero-order chi connectivity index (χ0) is 21.1. The second-order valence-electron chi connectivity index (χ2n) is 7.77. The van der Waals surface area contributed by atoms with Crippen LogP contribution in [0.2, 0.25) is 0 Å². The van der Waals surface area contributed by atoms with Crippen LogP contribution in [0.4, 0.5) is 4.39 Å². The number of fused-ring (bicyclic) bond motifs is 1. The summed E-state index contributed by atoms with van der Waals surface area (Å²) in [4.78, 5) is 2.48. The maximum atomic E-state index is 13.4. The molecule has 0 N–H and O–H groups in total. The second kappa shape index (κ2) is 9.79. The van der Waals surface area contributed by atoms with Crippen molar-refractivity contribution in [2.24, 2.45) is 0 Å². The molecule has 3 aromatic rings. The van der Waals surface area contributed by atoms with Gasteiger partial charge >= 0.3 is 0 Å². The van der Waals surface area contributed by atoms with Crippen molar-refractivity contribution in [1.29, 1.82) is 0 Å². The van der Waals surface area contributed by atoms with Crippen LogP contribution in [0.25, 0.3) is 11.0 Å². The van der Waals surface area contributed by atoms with Gasteiger partial charge in [-0.1, -0.05) is 12.1 Å². The zero-order valence-corrected chi connectivity index (χ0v) is 20.1. The van der Waals surface area contributed by atoms with Gasteiger partial charge < -0.3 is 14.2 Å². The summed E-state index contributed by atoms with van der Waals surface area (Å²) in [6.45, 7) is 5.89. The van der Waals surface area contributed by atoms with Crippen LogP contribution in [-0.2, 0) is 6.42 Å². The Labute approximate surface area is 193 Å². The van der Waals surface area contributed by atoms with E-state index in [1.165, 1.54) is 17.7 Å². The van der Waals surface area contributed by atoms with Crippen LogP contribution in [0.5, 0.6) is 5.75 Å². The minimum absolute atomic E-state index is 0.289. The quantitative estimate of drug-likeness (QED) is 0.313. The van der Waals surface area contributed by atoms with Crippen molar-refractivity contribution < 1.29 is 13.7 Å². The molecule has 1 aromatic heterocycles. The normalized spacial score (nSPS) is 15.7. The maximum Gasteiger partial charge on any atom is 0.170 e. The summed E-state index contributed by atoms with van der Waals surface area (Å²) < 4.78 is 26.7. The molecule has 0 bridgehead atoms. The van der Waals surface area contributed by atoms with Crippen LogP contribution in [0.15, 0.2) is 43.8 Å². The lowest BCUT2D eigenvalue weighted by Crippen LogP contribution is -2.34. The van der Waals surface area contributed by atoms with Crippen LogP contribution in [0.1, 0.15) is 43.4 Å². The molecule has 7 heteroatoms.